The Balaban J connectivity index is 1.33. The molecular formula is C21H28N4O3. The normalized spacial score (nSPS) is 20.0. The van der Waals surface area contributed by atoms with Crippen molar-refractivity contribution in [3.05, 3.63) is 47.6 Å². The molecule has 150 valence electrons. The summed E-state index contributed by atoms with van der Waals surface area (Å²) in [6, 6.07) is 10.3. The van der Waals surface area contributed by atoms with Crippen LogP contribution < -0.4 is 0 Å². The molecule has 2 saturated heterocycles. The number of hydrogen-bond donors (Lipinski definition) is 0. The van der Waals surface area contributed by atoms with Crippen molar-refractivity contribution in [2.24, 2.45) is 5.41 Å². The summed E-state index contributed by atoms with van der Waals surface area (Å²) in [6.07, 6.45) is 3.88. The molecule has 1 spiro atoms. The lowest BCUT2D eigenvalue weighted by Gasteiger charge is -2.47. The first kappa shape index (κ1) is 19.1. The topological polar surface area (TPSA) is 71.7 Å². The van der Waals surface area contributed by atoms with Gasteiger partial charge in [-0.2, -0.15) is 4.98 Å². The second kappa shape index (κ2) is 8.41. The number of amides is 1. The summed E-state index contributed by atoms with van der Waals surface area (Å²) < 4.78 is 10.2. The van der Waals surface area contributed by atoms with Crippen molar-refractivity contribution in [2.75, 3.05) is 26.7 Å². The van der Waals surface area contributed by atoms with Crippen LogP contribution in [0.15, 0.2) is 34.9 Å². The molecule has 1 amide bonds. The van der Waals surface area contributed by atoms with Crippen molar-refractivity contribution >= 4 is 5.91 Å². The van der Waals surface area contributed by atoms with Gasteiger partial charge in [0.2, 0.25) is 5.91 Å². The van der Waals surface area contributed by atoms with Crippen molar-refractivity contribution < 1.29 is 14.1 Å². The SMILES string of the molecule is COCc1nc(CN2CCC3(CCC(=O)N(Cc4ccccc4)C3)CC2)no1. The van der Waals surface area contributed by atoms with Gasteiger partial charge in [0.05, 0.1) is 6.54 Å². The molecule has 1 aromatic heterocycles. The molecule has 0 unspecified atom stereocenters. The minimum Gasteiger partial charge on any atom is -0.375 e. The first-order chi connectivity index (χ1) is 13.7. The van der Waals surface area contributed by atoms with E-state index in [1.807, 2.05) is 18.2 Å². The van der Waals surface area contributed by atoms with Gasteiger partial charge in [-0.05, 0) is 43.3 Å². The predicted octanol–water partition coefficient (Wildman–Crippen LogP) is 2.62. The molecule has 0 saturated carbocycles. The van der Waals surface area contributed by atoms with Gasteiger partial charge >= 0.3 is 0 Å². The van der Waals surface area contributed by atoms with E-state index in [0.717, 1.165) is 45.4 Å². The van der Waals surface area contributed by atoms with Gasteiger partial charge in [-0.25, -0.2) is 0 Å². The Hall–Kier alpha value is -2.25. The van der Waals surface area contributed by atoms with E-state index in [1.165, 1.54) is 5.56 Å². The van der Waals surface area contributed by atoms with Gasteiger partial charge in [0.25, 0.3) is 5.89 Å². The highest BCUT2D eigenvalue weighted by Gasteiger charge is 2.41. The van der Waals surface area contributed by atoms with E-state index >= 15 is 0 Å². The number of methoxy groups -OCH3 is 1. The molecule has 3 heterocycles. The fraction of sp³-hybridized carbons (Fsp3) is 0.571. The predicted molar refractivity (Wildman–Crippen MR) is 103 cm³/mol. The van der Waals surface area contributed by atoms with E-state index in [2.05, 4.69) is 32.1 Å². The third-order valence-electron chi connectivity index (χ3n) is 6.02. The molecule has 7 heteroatoms. The van der Waals surface area contributed by atoms with Crippen LogP contribution in [0.4, 0.5) is 0 Å². The lowest BCUT2D eigenvalue weighted by atomic mass is 9.72. The molecule has 1 aromatic carbocycles. The Morgan fingerprint density at radius 1 is 1.14 bits per heavy atom. The number of rotatable bonds is 6. The Bertz CT molecular complexity index is 784. The summed E-state index contributed by atoms with van der Waals surface area (Å²) in [4.78, 5) is 21.3. The number of hydrogen-bond acceptors (Lipinski definition) is 6. The van der Waals surface area contributed by atoms with Crippen molar-refractivity contribution in [2.45, 2.75) is 45.4 Å². The third kappa shape index (κ3) is 4.42. The van der Waals surface area contributed by atoms with E-state index in [0.29, 0.717) is 31.3 Å². The molecule has 0 radical (unpaired) electrons. The van der Waals surface area contributed by atoms with Crippen molar-refractivity contribution in [3.8, 4) is 0 Å². The van der Waals surface area contributed by atoms with E-state index in [1.54, 1.807) is 7.11 Å². The van der Waals surface area contributed by atoms with Crippen LogP contribution in [-0.2, 0) is 29.2 Å². The van der Waals surface area contributed by atoms with E-state index in [4.69, 9.17) is 9.26 Å². The number of ether oxygens (including phenoxy) is 1. The summed E-state index contributed by atoms with van der Waals surface area (Å²) in [6.45, 7) is 4.64. The number of aromatic nitrogens is 2. The maximum absolute atomic E-state index is 12.5. The molecule has 2 aliphatic rings. The van der Waals surface area contributed by atoms with Crippen molar-refractivity contribution in [1.82, 2.24) is 19.9 Å². The van der Waals surface area contributed by atoms with E-state index < -0.39 is 0 Å². The first-order valence-corrected chi connectivity index (χ1v) is 10.0. The van der Waals surface area contributed by atoms with Crippen LogP contribution in [0.5, 0.6) is 0 Å². The number of piperidine rings is 2. The number of carbonyl (C=O) groups excluding carboxylic acids is 1. The zero-order chi connectivity index (χ0) is 19.4. The molecule has 2 aromatic rings. The molecule has 28 heavy (non-hydrogen) atoms. The minimum absolute atomic E-state index is 0.248. The fourth-order valence-corrected chi connectivity index (χ4v) is 4.38. The summed E-state index contributed by atoms with van der Waals surface area (Å²) >= 11 is 0. The molecule has 4 rings (SSSR count). The second-order valence-electron chi connectivity index (χ2n) is 8.05. The zero-order valence-corrected chi connectivity index (χ0v) is 16.5. The maximum Gasteiger partial charge on any atom is 0.252 e. The summed E-state index contributed by atoms with van der Waals surface area (Å²) in [5.41, 5.74) is 1.45. The van der Waals surface area contributed by atoms with Gasteiger partial charge in [-0.3, -0.25) is 9.69 Å². The monoisotopic (exact) mass is 384 g/mol. The van der Waals surface area contributed by atoms with E-state index in [-0.39, 0.29) is 11.3 Å². The number of nitrogens with zero attached hydrogens (tertiary/aromatic N) is 4. The largest absolute Gasteiger partial charge is 0.375 e. The lowest BCUT2D eigenvalue weighted by Crippen LogP contribution is -2.51. The van der Waals surface area contributed by atoms with Crippen LogP contribution in [0.3, 0.4) is 0 Å². The average molecular weight is 384 g/mol. The average Bonchev–Trinajstić information content (AvgIpc) is 3.15. The summed E-state index contributed by atoms with van der Waals surface area (Å²) in [5.74, 6) is 1.52. The Kier molecular flexibility index (Phi) is 5.73. The number of benzene rings is 1. The molecule has 0 N–H and O–H groups in total. The fourth-order valence-electron chi connectivity index (χ4n) is 4.38. The van der Waals surface area contributed by atoms with Gasteiger partial charge < -0.3 is 14.2 Å². The van der Waals surface area contributed by atoms with Crippen LogP contribution >= 0.6 is 0 Å². The number of carbonyl (C=O) groups is 1. The van der Waals surface area contributed by atoms with Gasteiger partial charge in [0.15, 0.2) is 5.82 Å². The standard InChI is InChI=1S/C21H28N4O3/c1-27-15-19-22-18(23-28-19)14-24-11-9-21(10-12-24)8-7-20(26)25(16-21)13-17-5-3-2-4-6-17/h2-6H,7-16H2,1H3. The van der Waals surface area contributed by atoms with Crippen LogP contribution in [0.25, 0.3) is 0 Å². The smallest absolute Gasteiger partial charge is 0.252 e. The van der Waals surface area contributed by atoms with Crippen molar-refractivity contribution in [1.29, 1.82) is 0 Å². The van der Waals surface area contributed by atoms with Gasteiger partial charge in [0, 0.05) is 26.6 Å². The molecule has 0 aliphatic carbocycles. The lowest BCUT2D eigenvalue weighted by molar-refractivity contribution is -0.140. The second-order valence-corrected chi connectivity index (χ2v) is 8.05. The molecule has 0 bridgehead atoms. The first-order valence-electron chi connectivity index (χ1n) is 10.0. The van der Waals surface area contributed by atoms with Crippen LogP contribution in [0.2, 0.25) is 0 Å². The highest BCUT2D eigenvalue weighted by molar-refractivity contribution is 5.77. The van der Waals surface area contributed by atoms with Gasteiger partial charge in [-0.1, -0.05) is 35.5 Å². The van der Waals surface area contributed by atoms with Crippen LogP contribution in [0, 0.1) is 5.41 Å². The summed E-state index contributed by atoms with van der Waals surface area (Å²) in [5, 5.41) is 4.04. The van der Waals surface area contributed by atoms with Gasteiger partial charge in [-0.15, -0.1) is 0 Å². The third-order valence-corrected chi connectivity index (χ3v) is 6.02. The maximum atomic E-state index is 12.5. The van der Waals surface area contributed by atoms with Crippen LogP contribution in [-0.4, -0.2) is 52.6 Å². The quantitative estimate of drug-likeness (QED) is 0.762. The molecule has 2 aliphatic heterocycles. The Labute approximate surface area is 165 Å². The van der Waals surface area contributed by atoms with Crippen LogP contribution in [0.1, 0.15) is 43.0 Å². The van der Waals surface area contributed by atoms with Crippen molar-refractivity contribution in [3.63, 3.8) is 0 Å². The van der Waals surface area contributed by atoms with E-state index in [9.17, 15) is 4.79 Å². The Morgan fingerprint density at radius 2 is 1.93 bits per heavy atom. The zero-order valence-electron chi connectivity index (χ0n) is 16.5. The van der Waals surface area contributed by atoms with Gasteiger partial charge in [0.1, 0.15) is 6.61 Å². The highest BCUT2D eigenvalue weighted by atomic mass is 16.5. The number of likely N-dealkylation sites (tertiary alicyclic amines) is 2. The molecule has 0 atom stereocenters. The highest BCUT2D eigenvalue weighted by Crippen LogP contribution is 2.40. The Morgan fingerprint density at radius 3 is 2.68 bits per heavy atom. The molecular weight excluding hydrogens is 356 g/mol. The minimum atomic E-state index is 0.248. The molecule has 2 fully saturated rings. The summed E-state index contributed by atoms with van der Waals surface area (Å²) in [7, 11) is 1.62. The molecule has 7 nitrogen and oxygen atoms in total.